The van der Waals surface area contributed by atoms with Gasteiger partial charge < -0.3 is 19.5 Å². The number of benzene rings is 2. The van der Waals surface area contributed by atoms with Crippen molar-refractivity contribution < 1.29 is 19.0 Å². The van der Waals surface area contributed by atoms with E-state index in [1.54, 1.807) is 7.11 Å². The zero-order valence-corrected chi connectivity index (χ0v) is 14.8. The Morgan fingerprint density at radius 3 is 2.81 bits per heavy atom. The average molecular weight is 368 g/mol. The molecule has 3 aromatic rings. The van der Waals surface area contributed by atoms with E-state index in [1.807, 2.05) is 47.8 Å². The number of ether oxygens (including phenoxy) is 3. The lowest BCUT2D eigenvalue weighted by Gasteiger charge is -2.04. The SMILES string of the molecule is COc1ccc(CC(=O)Nc2nc(-c3ccc4c(c3)OCO4)cs2)cc1. The first-order valence-corrected chi connectivity index (χ1v) is 8.87. The molecule has 0 radical (unpaired) electrons. The number of hydrogen-bond donors (Lipinski definition) is 1. The van der Waals surface area contributed by atoms with Gasteiger partial charge in [-0.2, -0.15) is 0 Å². The molecule has 2 aromatic carbocycles. The molecule has 1 amide bonds. The second kappa shape index (κ2) is 7.05. The van der Waals surface area contributed by atoms with Gasteiger partial charge in [-0.3, -0.25) is 4.79 Å². The fourth-order valence-corrected chi connectivity index (χ4v) is 3.35. The molecule has 6 nitrogen and oxygen atoms in total. The van der Waals surface area contributed by atoms with Crippen LogP contribution in [0.4, 0.5) is 5.13 Å². The highest BCUT2D eigenvalue weighted by atomic mass is 32.1. The van der Waals surface area contributed by atoms with Gasteiger partial charge in [-0.05, 0) is 35.9 Å². The first-order chi connectivity index (χ1) is 12.7. The van der Waals surface area contributed by atoms with E-state index in [1.165, 1.54) is 11.3 Å². The average Bonchev–Trinajstić information content (AvgIpc) is 3.30. The topological polar surface area (TPSA) is 69.7 Å². The van der Waals surface area contributed by atoms with E-state index in [2.05, 4.69) is 10.3 Å². The molecule has 1 aliphatic rings. The molecule has 0 spiro atoms. The van der Waals surface area contributed by atoms with E-state index >= 15 is 0 Å². The second-order valence-corrected chi connectivity index (χ2v) is 6.54. The molecule has 132 valence electrons. The van der Waals surface area contributed by atoms with Gasteiger partial charge in [0.2, 0.25) is 12.7 Å². The Morgan fingerprint density at radius 1 is 1.19 bits per heavy atom. The van der Waals surface area contributed by atoms with Gasteiger partial charge in [0, 0.05) is 10.9 Å². The maximum Gasteiger partial charge on any atom is 0.231 e. The number of fused-ring (bicyclic) bond motifs is 1. The van der Waals surface area contributed by atoms with Gasteiger partial charge in [0.1, 0.15) is 5.75 Å². The standard InChI is InChI=1S/C19H16N2O4S/c1-23-14-5-2-12(3-6-14)8-18(22)21-19-20-15(10-26-19)13-4-7-16-17(9-13)25-11-24-16/h2-7,9-10H,8,11H2,1H3,(H,20,21,22). The molecule has 0 saturated carbocycles. The van der Waals surface area contributed by atoms with Crippen LogP contribution in [-0.4, -0.2) is 24.8 Å². The number of hydrogen-bond acceptors (Lipinski definition) is 6. The molecule has 1 aromatic heterocycles. The number of rotatable bonds is 5. The quantitative estimate of drug-likeness (QED) is 0.743. The van der Waals surface area contributed by atoms with Crippen molar-refractivity contribution in [3.8, 4) is 28.5 Å². The van der Waals surface area contributed by atoms with Gasteiger partial charge in [0.05, 0.1) is 19.2 Å². The Labute approximate surface area is 154 Å². The Bertz CT molecular complexity index is 937. The van der Waals surface area contributed by atoms with E-state index in [9.17, 15) is 4.79 Å². The molecular formula is C19H16N2O4S. The third-order valence-electron chi connectivity index (χ3n) is 3.94. The fourth-order valence-electron chi connectivity index (χ4n) is 2.61. The molecular weight excluding hydrogens is 352 g/mol. The number of carbonyl (C=O) groups is 1. The molecule has 0 bridgehead atoms. The predicted molar refractivity (Wildman–Crippen MR) is 99.0 cm³/mol. The third kappa shape index (κ3) is 3.48. The van der Waals surface area contributed by atoms with Crippen LogP contribution in [0.1, 0.15) is 5.56 Å². The number of anilines is 1. The predicted octanol–water partition coefficient (Wildman–Crippen LogP) is 3.73. The molecule has 1 N–H and O–H groups in total. The number of amides is 1. The van der Waals surface area contributed by atoms with E-state index < -0.39 is 0 Å². The van der Waals surface area contributed by atoms with Crippen LogP contribution in [0, 0.1) is 0 Å². The molecule has 0 saturated heterocycles. The van der Waals surface area contributed by atoms with Crippen LogP contribution in [0.2, 0.25) is 0 Å². The smallest absolute Gasteiger partial charge is 0.231 e. The molecule has 1 aliphatic heterocycles. The lowest BCUT2D eigenvalue weighted by molar-refractivity contribution is -0.115. The molecule has 2 heterocycles. The first-order valence-electron chi connectivity index (χ1n) is 7.99. The van der Waals surface area contributed by atoms with Crippen molar-refractivity contribution in [3.05, 3.63) is 53.4 Å². The van der Waals surface area contributed by atoms with Crippen molar-refractivity contribution in [2.24, 2.45) is 0 Å². The zero-order chi connectivity index (χ0) is 17.9. The van der Waals surface area contributed by atoms with Crippen LogP contribution in [-0.2, 0) is 11.2 Å². The minimum Gasteiger partial charge on any atom is -0.497 e. The van der Waals surface area contributed by atoms with Crippen LogP contribution < -0.4 is 19.5 Å². The highest BCUT2D eigenvalue weighted by molar-refractivity contribution is 7.14. The van der Waals surface area contributed by atoms with Crippen LogP contribution in [0.15, 0.2) is 47.8 Å². The minimum absolute atomic E-state index is 0.109. The van der Waals surface area contributed by atoms with Crippen LogP contribution in [0.25, 0.3) is 11.3 Å². The maximum absolute atomic E-state index is 12.2. The van der Waals surface area contributed by atoms with Crippen LogP contribution in [0.3, 0.4) is 0 Å². The van der Waals surface area contributed by atoms with Gasteiger partial charge in [-0.25, -0.2) is 4.98 Å². The summed E-state index contributed by atoms with van der Waals surface area (Å²) in [6, 6.07) is 13.1. The van der Waals surface area contributed by atoms with Crippen molar-refractivity contribution in [1.82, 2.24) is 4.98 Å². The summed E-state index contributed by atoms with van der Waals surface area (Å²) < 4.78 is 15.8. The Morgan fingerprint density at radius 2 is 2.00 bits per heavy atom. The summed E-state index contributed by atoms with van der Waals surface area (Å²) in [5.41, 5.74) is 2.62. The lowest BCUT2D eigenvalue weighted by Crippen LogP contribution is -2.14. The summed E-state index contributed by atoms with van der Waals surface area (Å²) in [4.78, 5) is 16.7. The van der Waals surface area contributed by atoms with E-state index in [0.717, 1.165) is 28.3 Å². The number of methoxy groups -OCH3 is 1. The zero-order valence-electron chi connectivity index (χ0n) is 14.0. The summed E-state index contributed by atoms with van der Waals surface area (Å²) in [6.07, 6.45) is 0.281. The van der Waals surface area contributed by atoms with Crippen LogP contribution >= 0.6 is 11.3 Å². The molecule has 7 heteroatoms. The highest BCUT2D eigenvalue weighted by Gasteiger charge is 2.15. The Hall–Kier alpha value is -3.06. The molecule has 26 heavy (non-hydrogen) atoms. The van der Waals surface area contributed by atoms with Crippen molar-refractivity contribution in [2.45, 2.75) is 6.42 Å². The van der Waals surface area contributed by atoms with E-state index in [-0.39, 0.29) is 19.1 Å². The van der Waals surface area contributed by atoms with Gasteiger partial charge in [0.15, 0.2) is 16.6 Å². The summed E-state index contributed by atoms with van der Waals surface area (Å²) in [5.74, 6) is 2.10. The van der Waals surface area contributed by atoms with Gasteiger partial charge in [-0.15, -0.1) is 11.3 Å². The summed E-state index contributed by atoms with van der Waals surface area (Å²) in [7, 11) is 1.61. The van der Waals surface area contributed by atoms with Gasteiger partial charge in [-0.1, -0.05) is 12.1 Å². The summed E-state index contributed by atoms with van der Waals surface area (Å²) >= 11 is 1.39. The van der Waals surface area contributed by atoms with E-state index in [0.29, 0.717) is 10.9 Å². The molecule has 0 atom stereocenters. The van der Waals surface area contributed by atoms with Gasteiger partial charge in [0.25, 0.3) is 0 Å². The molecule has 4 rings (SSSR count). The summed E-state index contributed by atoms with van der Waals surface area (Å²) in [5, 5.41) is 5.31. The number of carbonyl (C=O) groups excluding carboxylic acids is 1. The summed E-state index contributed by atoms with van der Waals surface area (Å²) in [6.45, 7) is 0.239. The molecule has 0 unspecified atom stereocenters. The first kappa shape index (κ1) is 16.4. The van der Waals surface area contributed by atoms with Gasteiger partial charge >= 0.3 is 0 Å². The Kier molecular flexibility index (Phi) is 4.45. The van der Waals surface area contributed by atoms with Crippen molar-refractivity contribution in [3.63, 3.8) is 0 Å². The number of aromatic nitrogens is 1. The molecule has 0 fully saturated rings. The lowest BCUT2D eigenvalue weighted by atomic mass is 10.1. The number of nitrogens with zero attached hydrogens (tertiary/aromatic N) is 1. The molecule has 0 aliphatic carbocycles. The highest BCUT2D eigenvalue weighted by Crippen LogP contribution is 2.36. The van der Waals surface area contributed by atoms with Crippen LogP contribution in [0.5, 0.6) is 17.2 Å². The second-order valence-electron chi connectivity index (χ2n) is 5.68. The largest absolute Gasteiger partial charge is 0.497 e. The Balaban J connectivity index is 1.42. The normalized spacial score (nSPS) is 12.0. The fraction of sp³-hybridized carbons (Fsp3) is 0.158. The monoisotopic (exact) mass is 368 g/mol. The van der Waals surface area contributed by atoms with Crippen molar-refractivity contribution in [1.29, 1.82) is 0 Å². The maximum atomic E-state index is 12.2. The number of nitrogens with one attached hydrogen (secondary N) is 1. The van der Waals surface area contributed by atoms with Crippen molar-refractivity contribution in [2.75, 3.05) is 19.2 Å². The minimum atomic E-state index is -0.109. The van der Waals surface area contributed by atoms with Crippen molar-refractivity contribution >= 4 is 22.4 Å². The van der Waals surface area contributed by atoms with E-state index in [4.69, 9.17) is 14.2 Å². The number of thiazole rings is 1. The third-order valence-corrected chi connectivity index (χ3v) is 4.70.